The topological polar surface area (TPSA) is 98.2 Å². The van der Waals surface area contributed by atoms with Gasteiger partial charge >= 0.3 is 0 Å². The second-order valence-corrected chi connectivity index (χ2v) is 6.52. The molecule has 3 aromatic rings. The highest BCUT2D eigenvalue weighted by Gasteiger charge is 2.28. The van der Waals surface area contributed by atoms with E-state index in [9.17, 15) is 4.79 Å². The van der Waals surface area contributed by atoms with Crippen molar-refractivity contribution in [3.8, 4) is 11.5 Å². The quantitative estimate of drug-likeness (QED) is 0.695. The molecule has 3 aromatic heterocycles. The van der Waals surface area contributed by atoms with E-state index in [-0.39, 0.29) is 5.91 Å². The van der Waals surface area contributed by atoms with Gasteiger partial charge in [-0.1, -0.05) is 10.3 Å². The molecule has 1 saturated heterocycles. The molecule has 1 amide bonds. The molecular formula is C18H19N5O3. The maximum Gasteiger partial charge on any atom is 0.276 e. The molecule has 0 spiro atoms. The van der Waals surface area contributed by atoms with Crippen LogP contribution in [0.5, 0.6) is 0 Å². The summed E-state index contributed by atoms with van der Waals surface area (Å²) >= 11 is 0. The Morgan fingerprint density at radius 2 is 2.27 bits per heavy atom. The first kappa shape index (κ1) is 16.4. The van der Waals surface area contributed by atoms with Gasteiger partial charge in [0.15, 0.2) is 11.5 Å². The van der Waals surface area contributed by atoms with Gasteiger partial charge in [0.1, 0.15) is 5.76 Å². The Labute approximate surface area is 150 Å². The number of aromatic nitrogens is 4. The number of amides is 1. The third kappa shape index (κ3) is 3.49. The molecule has 4 heterocycles. The van der Waals surface area contributed by atoms with Crippen molar-refractivity contribution in [1.29, 1.82) is 0 Å². The lowest BCUT2D eigenvalue weighted by atomic mass is 10.0. The number of aryl methyl sites for hydroxylation is 2. The molecule has 1 unspecified atom stereocenters. The van der Waals surface area contributed by atoms with Crippen molar-refractivity contribution >= 4 is 5.91 Å². The molecule has 1 fully saturated rings. The number of carbonyl (C=O) groups is 1. The highest BCUT2D eigenvalue weighted by molar-refractivity contribution is 5.92. The Kier molecular flexibility index (Phi) is 4.47. The summed E-state index contributed by atoms with van der Waals surface area (Å²) in [7, 11) is 0. The Morgan fingerprint density at radius 1 is 1.35 bits per heavy atom. The molecule has 8 nitrogen and oxygen atoms in total. The summed E-state index contributed by atoms with van der Waals surface area (Å²) < 4.78 is 10.3. The minimum absolute atomic E-state index is 0.0669. The van der Waals surface area contributed by atoms with Gasteiger partial charge in [0.05, 0.1) is 5.56 Å². The zero-order valence-electron chi connectivity index (χ0n) is 14.5. The van der Waals surface area contributed by atoms with Crippen molar-refractivity contribution < 1.29 is 13.8 Å². The summed E-state index contributed by atoms with van der Waals surface area (Å²) in [6.07, 6.45) is 6.00. The Balaban J connectivity index is 1.31. The number of pyridine rings is 1. The average Bonchev–Trinajstić information content (AvgIpc) is 3.41. The molecule has 4 rings (SSSR count). The minimum atomic E-state index is -0.0669. The van der Waals surface area contributed by atoms with Crippen LogP contribution in [0.15, 0.2) is 39.6 Å². The van der Waals surface area contributed by atoms with E-state index in [1.54, 1.807) is 25.4 Å². The SMILES string of the molecule is Cc1cc(C(=O)N2CCC(CCc3noc(-c4cccnc4)n3)C2)no1. The maximum absolute atomic E-state index is 12.4. The summed E-state index contributed by atoms with van der Waals surface area (Å²) in [4.78, 5) is 22.7. The van der Waals surface area contributed by atoms with Crippen LogP contribution in [-0.4, -0.2) is 44.2 Å². The summed E-state index contributed by atoms with van der Waals surface area (Å²) in [6.45, 7) is 3.24. The van der Waals surface area contributed by atoms with E-state index >= 15 is 0 Å². The maximum atomic E-state index is 12.4. The van der Waals surface area contributed by atoms with Crippen LogP contribution in [0.3, 0.4) is 0 Å². The normalized spacial score (nSPS) is 17.0. The van der Waals surface area contributed by atoms with Gasteiger partial charge in [-0.25, -0.2) is 0 Å². The smallest absolute Gasteiger partial charge is 0.276 e. The molecular weight excluding hydrogens is 334 g/mol. The number of carbonyl (C=O) groups excluding carboxylic acids is 1. The van der Waals surface area contributed by atoms with E-state index in [1.165, 1.54) is 0 Å². The van der Waals surface area contributed by atoms with Crippen LogP contribution in [0.4, 0.5) is 0 Å². The third-order valence-corrected chi connectivity index (χ3v) is 4.57. The predicted octanol–water partition coefficient (Wildman–Crippen LogP) is 2.52. The van der Waals surface area contributed by atoms with Gasteiger partial charge in [-0.05, 0) is 37.8 Å². The van der Waals surface area contributed by atoms with E-state index in [0.29, 0.717) is 29.1 Å². The Bertz CT molecular complexity index is 889. The van der Waals surface area contributed by atoms with Crippen LogP contribution in [-0.2, 0) is 6.42 Å². The summed E-state index contributed by atoms with van der Waals surface area (Å²) in [5.74, 6) is 2.17. The molecule has 1 aliphatic rings. The van der Waals surface area contributed by atoms with E-state index in [4.69, 9.17) is 9.05 Å². The molecule has 0 saturated carbocycles. The fourth-order valence-corrected chi connectivity index (χ4v) is 3.18. The molecule has 1 atom stereocenters. The molecule has 0 bridgehead atoms. The van der Waals surface area contributed by atoms with Crippen LogP contribution in [0.1, 0.15) is 34.9 Å². The fourth-order valence-electron chi connectivity index (χ4n) is 3.18. The second kappa shape index (κ2) is 7.07. The fraction of sp³-hybridized carbons (Fsp3) is 0.389. The molecule has 1 aliphatic heterocycles. The lowest BCUT2D eigenvalue weighted by Gasteiger charge is -2.14. The molecule has 0 radical (unpaired) electrons. The van der Waals surface area contributed by atoms with Crippen LogP contribution in [0.25, 0.3) is 11.5 Å². The van der Waals surface area contributed by atoms with Crippen molar-refractivity contribution in [2.75, 3.05) is 13.1 Å². The number of hydrogen-bond donors (Lipinski definition) is 0. The second-order valence-electron chi connectivity index (χ2n) is 6.52. The summed E-state index contributed by atoms with van der Waals surface area (Å²) in [5.41, 5.74) is 1.19. The van der Waals surface area contributed by atoms with Crippen LogP contribution < -0.4 is 0 Å². The highest BCUT2D eigenvalue weighted by atomic mass is 16.5. The van der Waals surface area contributed by atoms with Crippen molar-refractivity contribution in [2.45, 2.75) is 26.2 Å². The van der Waals surface area contributed by atoms with Crippen LogP contribution >= 0.6 is 0 Å². The van der Waals surface area contributed by atoms with Crippen molar-refractivity contribution in [3.63, 3.8) is 0 Å². The zero-order chi connectivity index (χ0) is 17.9. The Hall–Kier alpha value is -3.03. The number of rotatable bonds is 5. The molecule has 26 heavy (non-hydrogen) atoms. The lowest BCUT2D eigenvalue weighted by Crippen LogP contribution is -2.29. The predicted molar refractivity (Wildman–Crippen MR) is 91.1 cm³/mol. The largest absolute Gasteiger partial charge is 0.361 e. The first-order valence-electron chi connectivity index (χ1n) is 8.64. The highest BCUT2D eigenvalue weighted by Crippen LogP contribution is 2.23. The molecule has 0 N–H and O–H groups in total. The summed E-state index contributed by atoms with van der Waals surface area (Å²) in [6, 6.07) is 5.39. The van der Waals surface area contributed by atoms with E-state index < -0.39 is 0 Å². The van der Waals surface area contributed by atoms with Crippen molar-refractivity contribution in [2.24, 2.45) is 5.92 Å². The number of hydrogen-bond acceptors (Lipinski definition) is 7. The third-order valence-electron chi connectivity index (χ3n) is 4.57. The minimum Gasteiger partial charge on any atom is -0.361 e. The molecule has 8 heteroatoms. The lowest BCUT2D eigenvalue weighted by molar-refractivity contribution is 0.0776. The standard InChI is InChI=1S/C18H19N5O3/c1-12-9-15(21-25-12)18(24)23-8-6-13(11-23)4-5-16-20-17(26-22-16)14-3-2-7-19-10-14/h2-3,7,9-10,13H,4-6,8,11H2,1H3. The first-order valence-corrected chi connectivity index (χ1v) is 8.64. The zero-order valence-corrected chi connectivity index (χ0v) is 14.5. The van der Waals surface area contributed by atoms with Gasteiger partial charge < -0.3 is 13.9 Å². The van der Waals surface area contributed by atoms with Crippen molar-refractivity contribution in [1.82, 2.24) is 25.2 Å². The van der Waals surface area contributed by atoms with E-state index in [1.807, 2.05) is 17.0 Å². The number of likely N-dealkylation sites (tertiary alicyclic amines) is 1. The van der Waals surface area contributed by atoms with Gasteiger partial charge in [0.2, 0.25) is 0 Å². The van der Waals surface area contributed by atoms with Crippen LogP contribution in [0.2, 0.25) is 0 Å². The van der Waals surface area contributed by atoms with E-state index in [2.05, 4.69) is 20.3 Å². The molecule has 0 aliphatic carbocycles. The van der Waals surface area contributed by atoms with Crippen molar-refractivity contribution in [3.05, 3.63) is 47.9 Å². The van der Waals surface area contributed by atoms with Gasteiger partial charge in [0.25, 0.3) is 11.8 Å². The summed E-state index contributed by atoms with van der Waals surface area (Å²) in [5, 5.41) is 7.85. The van der Waals surface area contributed by atoms with Gasteiger partial charge in [0, 0.05) is 38.0 Å². The molecule has 0 aromatic carbocycles. The average molecular weight is 353 g/mol. The number of nitrogens with zero attached hydrogens (tertiary/aromatic N) is 5. The van der Waals surface area contributed by atoms with Crippen LogP contribution in [0, 0.1) is 12.8 Å². The monoisotopic (exact) mass is 353 g/mol. The van der Waals surface area contributed by atoms with E-state index in [0.717, 1.165) is 37.9 Å². The Morgan fingerprint density at radius 3 is 3.04 bits per heavy atom. The molecule has 134 valence electrons. The van der Waals surface area contributed by atoms with Gasteiger partial charge in [-0.15, -0.1) is 0 Å². The van der Waals surface area contributed by atoms with Gasteiger partial charge in [-0.3, -0.25) is 9.78 Å². The van der Waals surface area contributed by atoms with Gasteiger partial charge in [-0.2, -0.15) is 4.98 Å². The first-order chi connectivity index (χ1) is 12.7.